The van der Waals surface area contributed by atoms with Crippen molar-refractivity contribution in [3.05, 3.63) is 50.9 Å². The Kier molecular flexibility index (Phi) is 4.81. The van der Waals surface area contributed by atoms with Crippen LogP contribution >= 0.6 is 34.7 Å². The van der Waals surface area contributed by atoms with Crippen LogP contribution in [0.3, 0.4) is 0 Å². The van der Waals surface area contributed by atoms with E-state index in [0.717, 1.165) is 0 Å². The molecule has 1 amide bonds. The maximum atomic E-state index is 12.6. The fourth-order valence-corrected chi connectivity index (χ4v) is 4.16. The van der Waals surface area contributed by atoms with Gasteiger partial charge in [0.15, 0.2) is 10.4 Å². The highest BCUT2D eigenvalue weighted by atomic mass is 35.5. The van der Waals surface area contributed by atoms with Crippen LogP contribution in [0, 0.1) is 23.7 Å². The van der Waals surface area contributed by atoms with Gasteiger partial charge in [-0.15, -0.1) is 11.8 Å². The summed E-state index contributed by atoms with van der Waals surface area (Å²) in [5.41, 5.74) is 1.39. The van der Waals surface area contributed by atoms with Crippen LogP contribution in [0.15, 0.2) is 29.3 Å². The third-order valence-electron chi connectivity index (χ3n) is 3.51. The first-order valence-electron chi connectivity index (χ1n) is 7.08. The zero-order chi connectivity index (χ0) is 18.1. The Balaban J connectivity index is 2.10. The molecule has 6 nitrogen and oxygen atoms in total. The topological polar surface area (TPSA) is 94.0 Å². The number of thioether (sulfide) groups is 1. The molecule has 0 aliphatic carbocycles. The van der Waals surface area contributed by atoms with Gasteiger partial charge in [-0.25, -0.2) is 4.98 Å². The van der Waals surface area contributed by atoms with E-state index < -0.39 is 0 Å². The average molecular weight is 390 g/mol. The molecule has 0 unspecified atom stereocenters. The number of nitrogens with zero attached hydrogens (tertiary/aromatic N) is 3. The summed E-state index contributed by atoms with van der Waals surface area (Å²) in [5.74, 6) is -0.307. The number of carbonyl (C=O) groups excluding carboxylic acids is 1. The second-order valence-electron chi connectivity index (χ2n) is 5.06. The Morgan fingerprint density at radius 1 is 1.52 bits per heavy atom. The standard InChI is InChI=1S/C16H12ClN5OS2/c1-8-12(14(23)20-10-5-3-4-9(17)6-10)25-16-21-15(24-2)11(7-18)13(19)22(8)16/h3-6,19H,1-2H3,(H,20,23). The second-order valence-corrected chi connectivity index (χ2v) is 7.26. The quantitative estimate of drug-likeness (QED) is 0.527. The lowest BCUT2D eigenvalue weighted by Gasteiger charge is -2.05. The minimum atomic E-state index is -0.307. The Bertz CT molecular complexity index is 1100. The van der Waals surface area contributed by atoms with Crippen molar-refractivity contribution in [1.82, 2.24) is 9.38 Å². The molecule has 0 spiro atoms. The predicted octanol–water partition coefficient (Wildman–Crippen LogP) is 3.68. The molecule has 3 rings (SSSR count). The molecular weight excluding hydrogens is 378 g/mol. The van der Waals surface area contributed by atoms with Crippen LogP contribution in [0.2, 0.25) is 5.02 Å². The van der Waals surface area contributed by atoms with Gasteiger partial charge in [-0.05, 0) is 31.4 Å². The van der Waals surface area contributed by atoms with Gasteiger partial charge in [0.1, 0.15) is 21.5 Å². The molecule has 0 saturated heterocycles. The van der Waals surface area contributed by atoms with Gasteiger partial charge in [0.05, 0.1) is 0 Å². The largest absolute Gasteiger partial charge is 0.321 e. The van der Waals surface area contributed by atoms with Gasteiger partial charge < -0.3 is 5.32 Å². The highest BCUT2D eigenvalue weighted by molar-refractivity contribution is 7.98. The highest BCUT2D eigenvalue weighted by Crippen LogP contribution is 2.25. The van der Waals surface area contributed by atoms with Crippen LogP contribution in [0.5, 0.6) is 0 Å². The number of halogens is 1. The van der Waals surface area contributed by atoms with E-state index in [4.69, 9.17) is 17.0 Å². The third-order valence-corrected chi connectivity index (χ3v) is 5.57. The van der Waals surface area contributed by atoms with Crippen molar-refractivity contribution >= 4 is 51.3 Å². The van der Waals surface area contributed by atoms with E-state index in [-0.39, 0.29) is 17.0 Å². The number of benzene rings is 1. The molecule has 2 heterocycles. The van der Waals surface area contributed by atoms with Crippen molar-refractivity contribution in [3.63, 3.8) is 0 Å². The summed E-state index contributed by atoms with van der Waals surface area (Å²) >= 11 is 8.42. The first-order chi connectivity index (χ1) is 12.0. The molecule has 0 radical (unpaired) electrons. The number of hydrogen-bond acceptors (Lipinski definition) is 6. The first kappa shape index (κ1) is 17.5. The van der Waals surface area contributed by atoms with Gasteiger partial charge in [0.25, 0.3) is 5.91 Å². The van der Waals surface area contributed by atoms with Gasteiger partial charge in [-0.1, -0.05) is 29.0 Å². The molecular formula is C16H12ClN5OS2. The summed E-state index contributed by atoms with van der Waals surface area (Å²) in [6, 6.07) is 8.89. The van der Waals surface area contributed by atoms with Gasteiger partial charge >= 0.3 is 0 Å². The molecule has 2 N–H and O–H groups in total. The number of amides is 1. The number of aromatic nitrogens is 2. The molecule has 2 aromatic heterocycles. The lowest BCUT2D eigenvalue weighted by atomic mass is 10.3. The highest BCUT2D eigenvalue weighted by Gasteiger charge is 2.20. The molecule has 3 aromatic rings. The molecule has 0 atom stereocenters. The number of anilines is 1. The van der Waals surface area contributed by atoms with Crippen LogP contribution in [0.4, 0.5) is 5.69 Å². The zero-order valence-electron chi connectivity index (χ0n) is 13.3. The summed E-state index contributed by atoms with van der Waals surface area (Å²) < 4.78 is 1.52. The van der Waals surface area contributed by atoms with Crippen LogP contribution in [-0.4, -0.2) is 21.5 Å². The van der Waals surface area contributed by atoms with Gasteiger partial charge in [0.2, 0.25) is 0 Å². The van der Waals surface area contributed by atoms with E-state index >= 15 is 0 Å². The summed E-state index contributed by atoms with van der Waals surface area (Å²) in [7, 11) is 0. The summed E-state index contributed by atoms with van der Waals surface area (Å²) in [6.07, 6.45) is 1.80. The van der Waals surface area contributed by atoms with E-state index in [9.17, 15) is 10.1 Å². The fraction of sp³-hybridized carbons (Fsp3) is 0.125. The molecule has 126 valence electrons. The molecule has 9 heteroatoms. The van der Waals surface area contributed by atoms with Crippen molar-refractivity contribution in [2.24, 2.45) is 0 Å². The van der Waals surface area contributed by atoms with Gasteiger partial charge in [-0.2, -0.15) is 5.26 Å². The summed E-state index contributed by atoms with van der Waals surface area (Å²) in [4.78, 5) is 18.0. The fourth-order valence-electron chi connectivity index (χ4n) is 2.36. The predicted molar refractivity (Wildman–Crippen MR) is 99.6 cm³/mol. The maximum Gasteiger partial charge on any atom is 0.267 e. The van der Waals surface area contributed by atoms with Gasteiger partial charge in [0, 0.05) is 16.4 Å². The molecule has 0 saturated carbocycles. The van der Waals surface area contributed by atoms with E-state index in [1.54, 1.807) is 37.4 Å². The number of carbonyl (C=O) groups is 1. The number of nitrogens with one attached hydrogen (secondary N) is 2. The van der Waals surface area contributed by atoms with Crippen molar-refractivity contribution in [3.8, 4) is 6.07 Å². The monoisotopic (exact) mass is 389 g/mol. The number of thiazole rings is 1. The summed E-state index contributed by atoms with van der Waals surface area (Å²) in [5, 5.41) is 21.4. The zero-order valence-corrected chi connectivity index (χ0v) is 15.6. The first-order valence-corrected chi connectivity index (χ1v) is 9.50. The smallest absolute Gasteiger partial charge is 0.267 e. The van der Waals surface area contributed by atoms with Crippen LogP contribution in [0.25, 0.3) is 4.96 Å². The van der Waals surface area contributed by atoms with Crippen molar-refractivity contribution in [2.45, 2.75) is 11.9 Å². The Morgan fingerprint density at radius 3 is 2.92 bits per heavy atom. The van der Waals surface area contributed by atoms with Crippen LogP contribution in [0.1, 0.15) is 20.9 Å². The average Bonchev–Trinajstić information content (AvgIpc) is 2.91. The van der Waals surface area contributed by atoms with Crippen LogP contribution in [-0.2, 0) is 0 Å². The Morgan fingerprint density at radius 2 is 2.28 bits per heavy atom. The molecule has 0 fully saturated rings. The normalized spacial score (nSPS) is 10.6. The van der Waals surface area contributed by atoms with Crippen molar-refractivity contribution in [1.29, 1.82) is 10.7 Å². The molecule has 1 aromatic carbocycles. The maximum absolute atomic E-state index is 12.6. The second kappa shape index (κ2) is 6.88. The number of aryl methyl sites for hydroxylation is 1. The van der Waals surface area contributed by atoms with E-state index in [2.05, 4.69) is 10.3 Å². The Hall–Kier alpha value is -2.34. The van der Waals surface area contributed by atoms with E-state index in [1.807, 2.05) is 6.07 Å². The van der Waals surface area contributed by atoms with E-state index in [0.29, 0.717) is 31.3 Å². The van der Waals surface area contributed by atoms with Crippen molar-refractivity contribution in [2.75, 3.05) is 11.6 Å². The number of fused-ring (bicyclic) bond motifs is 1. The summed E-state index contributed by atoms with van der Waals surface area (Å²) in [6.45, 7) is 1.73. The third kappa shape index (κ3) is 3.14. The minimum absolute atomic E-state index is 0.0346. The minimum Gasteiger partial charge on any atom is -0.321 e. The number of rotatable bonds is 3. The molecule has 25 heavy (non-hydrogen) atoms. The number of nitriles is 1. The lowest BCUT2D eigenvalue weighted by molar-refractivity contribution is 0.102. The SMILES string of the molecule is CSc1nc2sc(C(=O)Nc3cccc(Cl)c3)c(C)n2c(=N)c1C#N. The molecule has 0 aliphatic heterocycles. The molecule has 0 bridgehead atoms. The Labute approximate surface area is 156 Å². The van der Waals surface area contributed by atoms with Crippen LogP contribution < -0.4 is 10.8 Å². The molecule has 0 aliphatic rings. The van der Waals surface area contributed by atoms with Gasteiger partial charge in [-0.3, -0.25) is 14.6 Å². The lowest BCUT2D eigenvalue weighted by Crippen LogP contribution is -2.20. The number of hydrogen-bond donors (Lipinski definition) is 2. The van der Waals surface area contributed by atoms with E-state index in [1.165, 1.54) is 27.5 Å². The van der Waals surface area contributed by atoms with Crippen molar-refractivity contribution < 1.29 is 4.79 Å².